The van der Waals surface area contributed by atoms with Crippen LogP contribution < -0.4 is 15.0 Å². The molecule has 0 unspecified atom stereocenters. The van der Waals surface area contributed by atoms with Crippen LogP contribution >= 0.6 is 0 Å². The minimum Gasteiger partial charge on any atom is -0.493 e. The molecule has 0 spiro atoms. The first-order valence-electron chi connectivity index (χ1n) is 9.88. The van der Waals surface area contributed by atoms with Crippen molar-refractivity contribution in [2.24, 2.45) is 0 Å². The van der Waals surface area contributed by atoms with Crippen molar-refractivity contribution in [3.63, 3.8) is 0 Å². The van der Waals surface area contributed by atoms with Crippen LogP contribution in [0.3, 0.4) is 0 Å². The molecule has 0 atom stereocenters. The maximum atomic E-state index is 8.07. The molecule has 1 aromatic carbocycles. The summed E-state index contributed by atoms with van der Waals surface area (Å²) < 4.78 is 13.7. The number of rotatable bonds is 6. The van der Waals surface area contributed by atoms with Crippen molar-refractivity contribution >= 4 is 11.2 Å². The zero-order valence-electron chi connectivity index (χ0n) is 16.7. The number of ether oxygens (including phenoxy) is 2. The molecular weight excluding hydrogens is 354 g/mol. The highest BCUT2D eigenvalue weighted by atomic mass is 16.5. The van der Waals surface area contributed by atoms with Crippen LogP contribution in [0, 0.1) is 5.41 Å². The van der Waals surface area contributed by atoms with Crippen molar-refractivity contribution in [2.45, 2.75) is 58.1 Å². The normalized spacial score (nSPS) is 14.9. The van der Waals surface area contributed by atoms with Gasteiger partial charge in [0.15, 0.2) is 22.6 Å². The number of nitrogens with zero attached hydrogens (tertiary/aromatic N) is 3. The Bertz CT molecular complexity index is 1030. The number of nitrogens with one attached hydrogen (secondary N) is 2. The molecule has 7 heteroatoms. The van der Waals surface area contributed by atoms with Gasteiger partial charge < -0.3 is 19.0 Å². The summed E-state index contributed by atoms with van der Waals surface area (Å²) in [6, 6.07) is 6.03. The molecule has 1 fully saturated rings. The first-order valence-corrected chi connectivity index (χ1v) is 9.88. The predicted octanol–water partition coefficient (Wildman–Crippen LogP) is 3.74. The van der Waals surface area contributed by atoms with E-state index in [0.29, 0.717) is 12.1 Å². The third kappa shape index (κ3) is 3.61. The second-order valence-corrected chi connectivity index (χ2v) is 7.71. The lowest BCUT2D eigenvalue weighted by Crippen LogP contribution is -2.14. The fraction of sp³-hybridized carbons (Fsp3) is 0.476. The van der Waals surface area contributed by atoms with Crippen molar-refractivity contribution in [3.05, 3.63) is 41.4 Å². The second-order valence-electron chi connectivity index (χ2n) is 7.71. The Balaban J connectivity index is 1.67. The molecule has 0 radical (unpaired) electrons. The van der Waals surface area contributed by atoms with Crippen LogP contribution in [0.2, 0.25) is 0 Å². The number of imidazole rings is 1. The SMILES string of the molecule is COc1ccc(Cn2cnc(=N)c3[nH]c(C(C)C)nc32)cc1OC1CCCC1. The van der Waals surface area contributed by atoms with E-state index in [4.69, 9.17) is 19.9 Å². The second kappa shape index (κ2) is 7.66. The molecule has 0 saturated heterocycles. The van der Waals surface area contributed by atoms with Crippen LogP contribution in [0.4, 0.5) is 0 Å². The molecule has 28 heavy (non-hydrogen) atoms. The molecule has 148 valence electrons. The van der Waals surface area contributed by atoms with Gasteiger partial charge in [-0.3, -0.25) is 5.41 Å². The molecule has 0 amide bonds. The molecule has 1 aliphatic rings. The number of aromatic nitrogens is 4. The van der Waals surface area contributed by atoms with E-state index < -0.39 is 0 Å². The molecule has 1 saturated carbocycles. The first-order chi connectivity index (χ1) is 13.5. The summed E-state index contributed by atoms with van der Waals surface area (Å²) >= 11 is 0. The van der Waals surface area contributed by atoms with E-state index in [9.17, 15) is 0 Å². The van der Waals surface area contributed by atoms with Crippen molar-refractivity contribution in [1.82, 2.24) is 19.5 Å². The minimum atomic E-state index is 0.214. The molecule has 3 aromatic rings. The highest BCUT2D eigenvalue weighted by Gasteiger charge is 2.19. The maximum absolute atomic E-state index is 8.07. The van der Waals surface area contributed by atoms with Gasteiger partial charge in [0.05, 0.1) is 26.1 Å². The van der Waals surface area contributed by atoms with E-state index in [2.05, 4.69) is 23.8 Å². The average Bonchev–Trinajstić information content (AvgIpc) is 3.35. The topological polar surface area (TPSA) is 88.8 Å². The third-order valence-corrected chi connectivity index (χ3v) is 5.26. The standard InChI is InChI=1S/C21H27N5O2/c1-13(2)20-24-18-19(22)23-12-26(21(18)25-20)11-14-8-9-16(27-3)17(10-14)28-15-6-4-5-7-15/h8-10,12-13,15,22H,4-7,11H2,1-3H3,(H,24,25). The molecule has 7 nitrogen and oxygen atoms in total. The monoisotopic (exact) mass is 381 g/mol. The van der Waals surface area contributed by atoms with Crippen LogP contribution in [-0.4, -0.2) is 32.7 Å². The number of H-pyrrole nitrogens is 1. The van der Waals surface area contributed by atoms with Crippen LogP contribution in [-0.2, 0) is 6.54 Å². The quantitative estimate of drug-likeness (QED) is 0.681. The molecule has 0 bridgehead atoms. The lowest BCUT2D eigenvalue weighted by molar-refractivity contribution is 0.200. The van der Waals surface area contributed by atoms with Gasteiger partial charge in [0.25, 0.3) is 0 Å². The first kappa shape index (κ1) is 18.5. The van der Waals surface area contributed by atoms with Crippen molar-refractivity contribution in [2.75, 3.05) is 7.11 Å². The number of aromatic amines is 1. The number of fused-ring (bicyclic) bond motifs is 1. The Morgan fingerprint density at radius 3 is 2.75 bits per heavy atom. The molecular formula is C21H27N5O2. The van der Waals surface area contributed by atoms with Crippen LogP contribution in [0.1, 0.15) is 56.8 Å². The van der Waals surface area contributed by atoms with E-state index in [1.54, 1.807) is 13.4 Å². The Morgan fingerprint density at radius 1 is 1.25 bits per heavy atom. The molecule has 2 aromatic heterocycles. The molecule has 2 heterocycles. The third-order valence-electron chi connectivity index (χ3n) is 5.26. The van der Waals surface area contributed by atoms with Crippen molar-refractivity contribution < 1.29 is 9.47 Å². The van der Waals surface area contributed by atoms with Gasteiger partial charge in [-0.15, -0.1) is 0 Å². The zero-order valence-corrected chi connectivity index (χ0v) is 16.7. The van der Waals surface area contributed by atoms with Gasteiger partial charge in [0, 0.05) is 5.92 Å². The summed E-state index contributed by atoms with van der Waals surface area (Å²) in [6.07, 6.45) is 6.60. The van der Waals surface area contributed by atoms with E-state index in [1.807, 2.05) is 22.8 Å². The highest BCUT2D eigenvalue weighted by molar-refractivity contribution is 5.69. The van der Waals surface area contributed by atoms with Gasteiger partial charge in [-0.1, -0.05) is 19.9 Å². The zero-order chi connectivity index (χ0) is 19.7. The molecule has 2 N–H and O–H groups in total. The Labute approximate surface area is 164 Å². The number of methoxy groups -OCH3 is 1. The largest absolute Gasteiger partial charge is 0.493 e. The maximum Gasteiger partial charge on any atom is 0.173 e. The summed E-state index contributed by atoms with van der Waals surface area (Å²) in [5.41, 5.74) is 2.71. The van der Waals surface area contributed by atoms with Crippen LogP contribution in [0.5, 0.6) is 11.5 Å². The minimum absolute atomic E-state index is 0.214. The number of hydrogen-bond acceptors (Lipinski definition) is 5. The lowest BCUT2D eigenvalue weighted by atomic mass is 10.2. The highest BCUT2D eigenvalue weighted by Crippen LogP contribution is 2.32. The van der Waals surface area contributed by atoms with E-state index in [-0.39, 0.29) is 17.5 Å². The number of hydrogen-bond donors (Lipinski definition) is 2. The summed E-state index contributed by atoms with van der Waals surface area (Å²) in [7, 11) is 1.67. The summed E-state index contributed by atoms with van der Waals surface area (Å²) in [5.74, 6) is 2.67. The predicted molar refractivity (Wildman–Crippen MR) is 107 cm³/mol. The Morgan fingerprint density at radius 2 is 2.04 bits per heavy atom. The Kier molecular flexibility index (Phi) is 5.07. The smallest absolute Gasteiger partial charge is 0.173 e. The van der Waals surface area contributed by atoms with Crippen molar-refractivity contribution in [1.29, 1.82) is 5.41 Å². The van der Waals surface area contributed by atoms with Gasteiger partial charge in [-0.2, -0.15) is 0 Å². The fourth-order valence-corrected chi connectivity index (χ4v) is 3.68. The summed E-state index contributed by atoms with van der Waals surface area (Å²) in [6.45, 7) is 4.75. The van der Waals surface area contributed by atoms with Gasteiger partial charge >= 0.3 is 0 Å². The van der Waals surface area contributed by atoms with Gasteiger partial charge in [-0.05, 0) is 43.4 Å². The van der Waals surface area contributed by atoms with Crippen LogP contribution in [0.25, 0.3) is 11.2 Å². The van der Waals surface area contributed by atoms with E-state index in [1.165, 1.54) is 12.8 Å². The summed E-state index contributed by atoms with van der Waals surface area (Å²) in [5, 5.41) is 8.07. The summed E-state index contributed by atoms with van der Waals surface area (Å²) in [4.78, 5) is 12.2. The van der Waals surface area contributed by atoms with E-state index in [0.717, 1.165) is 41.4 Å². The van der Waals surface area contributed by atoms with Gasteiger partial charge in [0.1, 0.15) is 11.3 Å². The van der Waals surface area contributed by atoms with Gasteiger partial charge in [0.2, 0.25) is 0 Å². The van der Waals surface area contributed by atoms with Gasteiger partial charge in [-0.25, -0.2) is 9.97 Å². The average molecular weight is 381 g/mol. The Hall–Kier alpha value is -2.83. The number of benzene rings is 1. The fourth-order valence-electron chi connectivity index (χ4n) is 3.68. The lowest BCUT2D eigenvalue weighted by Gasteiger charge is -2.17. The molecule has 4 rings (SSSR count). The molecule has 1 aliphatic carbocycles. The van der Waals surface area contributed by atoms with Crippen molar-refractivity contribution in [3.8, 4) is 11.5 Å². The van der Waals surface area contributed by atoms with Crippen LogP contribution in [0.15, 0.2) is 24.5 Å². The molecule has 0 aliphatic heterocycles. The van der Waals surface area contributed by atoms with E-state index >= 15 is 0 Å².